The highest BCUT2D eigenvalue weighted by molar-refractivity contribution is 5.79. The first-order chi connectivity index (χ1) is 15.2. The van der Waals surface area contributed by atoms with Crippen molar-refractivity contribution in [3.05, 3.63) is 42.7 Å². The molecule has 1 aromatic carbocycles. The van der Waals surface area contributed by atoms with Gasteiger partial charge in [-0.15, -0.1) is 0 Å². The first kappa shape index (κ1) is 21.7. The Morgan fingerprint density at radius 3 is 2.42 bits per heavy atom. The molecule has 0 radical (unpaired) electrons. The predicted molar refractivity (Wildman–Crippen MR) is 124 cm³/mol. The van der Waals surface area contributed by atoms with Crippen LogP contribution in [0.3, 0.4) is 0 Å². The number of carbonyl (C=O) groups is 1. The average Bonchev–Trinajstić information content (AvgIpc) is 2.85. The fraction of sp³-hybridized carbons (Fsp3) is 0.542. The Kier molecular flexibility index (Phi) is 7.48. The summed E-state index contributed by atoms with van der Waals surface area (Å²) in [6.07, 6.45) is 5.67. The molecule has 2 aliphatic heterocycles. The van der Waals surface area contributed by atoms with Crippen molar-refractivity contribution >= 4 is 11.9 Å². The Morgan fingerprint density at radius 1 is 1.00 bits per heavy atom. The minimum atomic E-state index is 0.00286. The smallest absolute Gasteiger partial charge is 0.225 e. The Labute approximate surface area is 185 Å². The summed E-state index contributed by atoms with van der Waals surface area (Å²) in [7, 11) is 0. The number of rotatable bonds is 7. The fourth-order valence-electron chi connectivity index (χ4n) is 4.45. The van der Waals surface area contributed by atoms with Crippen molar-refractivity contribution in [3.63, 3.8) is 0 Å². The molecule has 7 nitrogen and oxygen atoms in total. The van der Waals surface area contributed by atoms with Gasteiger partial charge in [-0.3, -0.25) is 9.69 Å². The number of likely N-dealkylation sites (N-methyl/N-ethyl adjacent to an activating group) is 1. The molecule has 0 bridgehead atoms. The second-order valence-electron chi connectivity index (χ2n) is 8.49. The Balaban J connectivity index is 1.25. The van der Waals surface area contributed by atoms with Crippen LogP contribution in [0.1, 0.15) is 19.8 Å². The van der Waals surface area contributed by atoms with Crippen molar-refractivity contribution in [1.29, 1.82) is 0 Å². The lowest BCUT2D eigenvalue weighted by molar-refractivity contribution is -0.125. The van der Waals surface area contributed by atoms with Crippen molar-refractivity contribution in [3.8, 4) is 11.1 Å². The van der Waals surface area contributed by atoms with Crippen LogP contribution in [0.15, 0.2) is 42.7 Å². The van der Waals surface area contributed by atoms with Gasteiger partial charge < -0.3 is 15.1 Å². The minimum absolute atomic E-state index is 0.00286. The van der Waals surface area contributed by atoms with Crippen LogP contribution in [0.25, 0.3) is 11.1 Å². The van der Waals surface area contributed by atoms with E-state index in [9.17, 15) is 4.79 Å². The number of benzene rings is 1. The number of piperazine rings is 1. The quantitative estimate of drug-likeness (QED) is 0.737. The van der Waals surface area contributed by atoms with Gasteiger partial charge in [0.1, 0.15) is 0 Å². The van der Waals surface area contributed by atoms with E-state index in [1.807, 2.05) is 30.6 Å². The molecule has 1 atom stereocenters. The lowest BCUT2D eigenvalue weighted by atomic mass is 9.97. The zero-order chi connectivity index (χ0) is 21.5. The third-order valence-corrected chi connectivity index (χ3v) is 6.46. The maximum absolute atomic E-state index is 12.7. The van der Waals surface area contributed by atoms with Crippen molar-refractivity contribution < 1.29 is 4.79 Å². The summed E-state index contributed by atoms with van der Waals surface area (Å²) in [5.74, 6) is 0.881. The van der Waals surface area contributed by atoms with Crippen LogP contribution in [0.4, 0.5) is 5.95 Å². The molecule has 2 fully saturated rings. The van der Waals surface area contributed by atoms with Gasteiger partial charge >= 0.3 is 0 Å². The zero-order valence-electron chi connectivity index (χ0n) is 18.5. The molecule has 1 aromatic heterocycles. The largest absolute Gasteiger partial charge is 0.355 e. The average molecular weight is 423 g/mol. The van der Waals surface area contributed by atoms with Crippen LogP contribution in [0.2, 0.25) is 0 Å². The van der Waals surface area contributed by atoms with Gasteiger partial charge in [-0.05, 0) is 24.9 Å². The Bertz CT molecular complexity index is 820. The van der Waals surface area contributed by atoms with Gasteiger partial charge in [0.25, 0.3) is 0 Å². The SMILES string of the molecule is CCN1CCN(CCNC(=O)C2CCCN(c3ncc(-c4ccccc4)cn3)C2)CC1. The monoisotopic (exact) mass is 422 g/mol. The van der Waals surface area contributed by atoms with Gasteiger partial charge in [-0.25, -0.2) is 9.97 Å². The molecule has 2 aliphatic rings. The normalized spacial score (nSPS) is 20.5. The van der Waals surface area contributed by atoms with Crippen LogP contribution in [-0.2, 0) is 4.79 Å². The van der Waals surface area contributed by atoms with Crippen LogP contribution in [0.5, 0.6) is 0 Å². The van der Waals surface area contributed by atoms with E-state index in [1.165, 1.54) is 0 Å². The van der Waals surface area contributed by atoms with Crippen molar-refractivity contribution in [2.24, 2.45) is 5.92 Å². The van der Waals surface area contributed by atoms with Crippen LogP contribution >= 0.6 is 0 Å². The Hall–Kier alpha value is -2.51. The summed E-state index contributed by atoms with van der Waals surface area (Å²) in [6.45, 7) is 11.0. The number of nitrogens with one attached hydrogen (secondary N) is 1. The molecule has 0 spiro atoms. The number of hydrogen-bond donors (Lipinski definition) is 1. The van der Waals surface area contributed by atoms with Crippen molar-refractivity contribution in [2.45, 2.75) is 19.8 Å². The zero-order valence-corrected chi connectivity index (χ0v) is 18.5. The van der Waals surface area contributed by atoms with E-state index in [0.29, 0.717) is 12.5 Å². The fourth-order valence-corrected chi connectivity index (χ4v) is 4.45. The molecule has 7 heteroatoms. The molecule has 31 heavy (non-hydrogen) atoms. The third kappa shape index (κ3) is 5.80. The number of aromatic nitrogens is 2. The van der Waals surface area contributed by atoms with Gasteiger partial charge in [0, 0.05) is 70.3 Å². The summed E-state index contributed by atoms with van der Waals surface area (Å²) >= 11 is 0. The highest BCUT2D eigenvalue weighted by atomic mass is 16.1. The van der Waals surface area contributed by atoms with Gasteiger partial charge in [0.2, 0.25) is 11.9 Å². The van der Waals surface area contributed by atoms with Crippen LogP contribution in [-0.4, -0.2) is 84.6 Å². The van der Waals surface area contributed by atoms with Crippen molar-refractivity contribution in [2.75, 3.05) is 63.8 Å². The maximum Gasteiger partial charge on any atom is 0.225 e. The van der Waals surface area contributed by atoms with Gasteiger partial charge in [0.05, 0.1) is 5.92 Å². The summed E-state index contributed by atoms with van der Waals surface area (Å²) in [6, 6.07) is 10.2. The highest BCUT2D eigenvalue weighted by Crippen LogP contribution is 2.22. The molecule has 166 valence electrons. The first-order valence-electron chi connectivity index (χ1n) is 11.6. The van der Waals surface area contributed by atoms with Gasteiger partial charge in [-0.1, -0.05) is 37.3 Å². The van der Waals surface area contributed by atoms with Crippen LogP contribution in [0, 0.1) is 5.92 Å². The van der Waals surface area contributed by atoms with Crippen LogP contribution < -0.4 is 10.2 Å². The number of piperidine rings is 1. The number of nitrogens with zero attached hydrogens (tertiary/aromatic N) is 5. The van der Waals surface area contributed by atoms with E-state index in [1.54, 1.807) is 0 Å². The molecule has 0 aliphatic carbocycles. The summed E-state index contributed by atoms with van der Waals surface area (Å²) in [5, 5.41) is 3.17. The first-order valence-corrected chi connectivity index (χ1v) is 11.6. The molecule has 2 saturated heterocycles. The van der Waals surface area contributed by atoms with Crippen molar-refractivity contribution in [1.82, 2.24) is 25.1 Å². The topological polar surface area (TPSA) is 64.6 Å². The number of anilines is 1. The standard InChI is InChI=1S/C24H34N6O/c1-2-28-13-15-29(16-14-28)12-10-25-23(31)21-9-6-11-30(19-21)24-26-17-22(18-27-24)20-7-4-3-5-8-20/h3-5,7-8,17-18,21H,2,6,9-16,19H2,1H3,(H,25,31). The summed E-state index contributed by atoms with van der Waals surface area (Å²) in [5.41, 5.74) is 2.12. The predicted octanol–water partition coefficient (Wildman–Crippen LogP) is 2.11. The second-order valence-corrected chi connectivity index (χ2v) is 8.49. The van der Waals surface area contributed by atoms with E-state index in [2.05, 4.69) is 49.0 Å². The number of carbonyl (C=O) groups excluding carboxylic acids is 1. The highest BCUT2D eigenvalue weighted by Gasteiger charge is 2.27. The Morgan fingerprint density at radius 2 is 1.71 bits per heavy atom. The molecule has 2 aromatic rings. The van der Waals surface area contributed by atoms with E-state index < -0.39 is 0 Å². The lowest BCUT2D eigenvalue weighted by Crippen LogP contribution is -2.49. The van der Waals surface area contributed by atoms with E-state index in [0.717, 1.165) is 76.3 Å². The van der Waals surface area contributed by atoms with Gasteiger partial charge in [0.15, 0.2) is 0 Å². The molecule has 1 N–H and O–H groups in total. The third-order valence-electron chi connectivity index (χ3n) is 6.46. The van der Waals surface area contributed by atoms with E-state index >= 15 is 0 Å². The molecular weight excluding hydrogens is 388 g/mol. The molecule has 3 heterocycles. The molecule has 4 rings (SSSR count). The molecule has 1 amide bonds. The van der Waals surface area contributed by atoms with E-state index in [-0.39, 0.29) is 11.8 Å². The summed E-state index contributed by atoms with van der Waals surface area (Å²) in [4.78, 5) is 29.0. The maximum atomic E-state index is 12.7. The summed E-state index contributed by atoms with van der Waals surface area (Å²) < 4.78 is 0. The molecule has 1 unspecified atom stereocenters. The number of amides is 1. The molecular formula is C24H34N6O. The number of hydrogen-bond acceptors (Lipinski definition) is 6. The minimum Gasteiger partial charge on any atom is -0.355 e. The van der Waals surface area contributed by atoms with Gasteiger partial charge in [-0.2, -0.15) is 0 Å². The lowest BCUT2D eigenvalue weighted by Gasteiger charge is -2.34. The molecule has 0 saturated carbocycles. The second kappa shape index (κ2) is 10.7. The van der Waals surface area contributed by atoms with E-state index in [4.69, 9.17) is 0 Å².